The molecule has 0 saturated heterocycles. The van der Waals surface area contributed by atoms with Crippen molar-refractivity contribution in [1.29, 1.82) is 0 Å². The second kappa shape index (κ2) is 4.42. The number of hydrogen-bond acceptors (Lipinski definition) is 1. The van der Waals surface area contributed by atoms with Gasteiger partial charge in [0.25, 0.3) is 0 Å². The van der Waals surface area contributed by atoms with E-state index < -0.39 is 0 Å². The molecule has 0 aliphatic rings. The Labute approximate surface area is 117 Å². The number of hydrogen-bond donors (Lipinski definition) is 0. The molecule has 0 aliphatic heterocycles. The average molecular weight is 285 g/mol. The van der Waals surface area contributed by atoms with E-state index in [4.69, 9.17) is 27.6 Å². The summed E-state index contributed by atoms with van der Waals surface area (Å²) in [6.07, 6.45) is 0. The summed E-state index contributed by atoms with van der Waals surface area (Å²) in [5.74, 6) is 0. The molecule has 0 spiro atoms. The van der Waals surface area contributed by atoms with Crippen LogP contribution in [0.15, 0.2) is 40.8 Å². The van der Waals surface area contributed by atoms with Crippen molar-refractivity contribution in [3.63, 3.8) is 0 Å². The molecule has 1 aromatic heterocycles. The predicted octanol–water partition coefficient (Wildman–Crippen LogP) is 4.89. The molecule has 0 radical (unpaired) electrons. The van der Waals surface area contributed by atoms with Crippen molar-refractivity contribution in [3.05, 3.63) is 46.4 Å². The summed E-state index contributed by atoms with van der Waals surface area (Å²) in [5, 5.41) is 3.00. The largest absolute Gasteiger partial charge is 0.456 e. The first-order valence-corrected chi connectivity index (χ1v) is 5.28. The number of halogens is 2. The van der Waals surface area contributed by atoms with Crippen LogP contribution in [0.25, 0.3) is 21.9 Å². The van der Waals surface area contributed by atoms with Gasteiger partial charge in [-0.05, 0) is 18.2 Å². The Kier molecular flexibility index (Phi) is 3.32. The summed E-state index contributed by atoms with van der Waals surface area (Å²) in [7, 11) is 0. The minimum Gasteiger partial charge on any atom is -0.456 e. The SMILES string of the molecule is Clc1ccc2oc3ccccc3c2c1Cl.[Ti]. The number of para-hydroxylation sites is 1. The third-order valence-corrected chi connectivity index (χ3v) is 3.24. The molecule has 0 atom stereocenters. The van der Waals surface area contributed by atoms with E-state index in [-0.39, 0.29) is 21.7 Å². The van der Waals surface area contributed by atoms with Gasteiger partial charge >= 0.3 is 0 Å². The van der Waals surface area contributed by atoms with Gasteiger partial charge in [0.15, 0.2) is 0 Å². The van der Waals surface area contributed by atoms with Crippen LogP contribution in [0.5, 0.6) is 0 Å². The molecule has 2 aromatic carbocycles. The fourth-order valence-corrected chi connectivity index (χ4v) is 2.16. The molecule has 3 aromatic rings. The third-order valence-electron chi connectivity index (χ3n) is 2.43. The van der Waals surface area contributed by atoms with Gasteiger partial charge in [-0.3, -0.25) is 0 Å². The topological polar surface area (TPSA) is 13.1 Å². The summed E-state index contributed by atoms with van der Waals surface area (Å²) in [5.41, 5.74) is 1.60. The van der Waals surface area contributed by atoms with Crippen LogP contribution in [0.1, 0.15) is 0 Å². The van der Waals surface area contributed by atoms with E-state index in [1.54, 1.807) is 6.07 Å². The molecule has 0 fully saturated rings. The zero-order chi connectivity index (χ0) is 10.4. The predicted molar refractivity (Wildman–Crippen MR) is 63.7 cm³/mol. The zero-order valence-corrected chi connectivity index (χ0v) is 11.2. The molecule has 0 aliphatic carbocycles. The molecule has 0 saturated carbocycles. The zero-order valence-electron chi connectivity index (χ0n) is 8.13. The molecule has 3 rings (SSSR count). The van der Waals surface area contributed by atoms with E-state index >= 15 is 0 Å². The molecule has 16 heavy (non-hydrogen) atoms. The van der Waals surface area contributed by atoms with Crippen LogP contribution in [-0.4, -0.2) is 0 Å². The summed E-state index contributed by atoms with van der Waals surface area (Å²) in [6.45, 7) is 0. The Hall–Kier alpha value is -0.466. The average Bonchev–Trinajstić information content (AvgIpc) is 2.62. The van der Waals surface area contributed by atoms with E-state index in [0.29, 0.717) is 10.0 Å². The fourth-order valence-electron chi connectivity index (χ4n) is 1.75. The van der Waals surface area contributed by atoms with Gasteiger partial charge in [-0.2, -0.15) is 0 Å². The maximum Gasteiger partial charge on any atom is 0.137 e. The summed E-state index contributed by atoms with van der Waals surface area (Å²) >= 11 is 12.1. The Bertz CT molecular complexity index is 660. The van der Waals surface area contributed by atoms with Crippen molar-refractivity contribution in [1.82, 2.24) is 0 Å². The standard InChI is InChI=1S/C12H6Cl2O.Ti/c13-8-5-6-10-11(12(8)14)7-3-1-2-4-9(7)15-10;/h1-6H;. The van der Waals surface area contributed by atoms with Crippen molar-refractivity contribution in [2.24, 2.45) is 0 Å². The van der Waals surface area contributed by atoms with Gasteiger partial charge in [0.1, 0.15) is 11.2 Å². The van der Waals surface area contributed by atoms with Gasteiger partial charge < -0.3 is 4.42 Å². The molecule has 78 valence electrons. The second-order valence-corrected chi connectivity index (χ2v) is 4.12. The number of rotatable bonds is 0. The van der Waals surface area contributed by atoms with Gasteiger partial charge in [-0.1, -0.05) is 41.4 Å². The van der Waals surface area contributed by atoms with Crippen LogP contribution in [0, 0.1) is 0 Å². The smallest absolute Gasteiger partial charge is 0.137 e. The quantitative estimate of drug-likeness (QED) is 0.536. The second-order valence-electron chi connectivity index (χ2n) is 3.33. The van der Waals surface area contributed by atoms with Crippen LogP contribution >= 0.6 is 23.2 Å². The normalized spacial score (nSPS) is 10.6. The Morgan fingerprint density at radius 1 is 0.875 bits per heavy atom. The van der Waals surface area contributed by atoms with Crippen molar-refractivity contribution >= 4 is 45.1 Å². The molecule has 0 amide bonds. The Balaban J connectivity index is 0.000000963. The number of furan rings is 1. The van der Waals surface area contributed by atoms with Gasteiger partial charge in [0.2, 0.25) is 0 Å². The molecular formula is C12H6Cl2OTi. The molecule has 0 unspecified atom stereocenters. The van der Waals surface area contributed by atoms with Crippen molar-refractivity contribution in [2.75, 3.05) is 0 Å². The van der Waals surface area contributed by atoms with E-state index in [9.17, 15) is 0 Å². The summed E-state index contributed by atoms with van der Waals surface area (Å²) in [4.78, 5) is 0. The van der Waals surface area contributed by atoms with Gasteiger partial charge in [-0.25, -0.2) is 0 Å². The van der Waals surface area contributed by atoms with Gasteiger partial charge in [-0.15, -0.1) is 0 Å². The first-order valence-electron chi connectivity index (χ1n) is 4.52. The van der Waals surface area contributed by atoms with Crippen LogP contribution < -0.4 is 0 Å². The Morgan fingerprint density at radius 2 is 1.62 bits per heavy atom. The minimum absolute atomic E-state index is 0. The molecule has 0 bridgehead atoms. The number of fused-ring (bicyclic) bond motifs is 3. The van der Waals surface area contributed by atoms with Crippen LogP contribution in [-0.2, 0) is 21.7 Å². The Morgan fingerprint density at radius 3 is 2.44 bits per heavy atom. The summed E-state index contributed by atoms with van der Waals surface area (Å²) in [6, 6.07) is 11.4. The van der Waals surface area contributed by atoms with Crippen LogP contribution in [0.3, 0.4) is 0 Å². The third kappa shape index (κ3) is 1.68. The first kappa shape index (κ1) is 12.0. The number of benzene rings is 2. The van der Waals surface area contributed by atoms with Gasteiger partial charge in [0.05, 0.1) is 10.0 Å². The molecule has 1 nitrogen and oxygen atoms in total. The maximum atomic E-state index is 6.15. The maximum absolute atomic E-state index is 6.15. The molecule has 1 heterocycles. The van der Waals surface area contributed by atoms with Crippen molar-refractivity contribution in [2.45, 2.75) is 0 Å². The first-order chi connectivity index (χ1) is 7.27. The van der Waals surface area contributed by atoms with E-state index in [2.05, 4.69) is 0 Å². The van der Waals surface area contributed by atoms with Crippen molar-refractivity contribution in [3.8, 4) is 0 Å². The minimum atomic E-state index is 0. The van der Waals surface area contributed by atoms with E-state index in [1.165, 1.54) is 0 Å². The van der Waals surface area contributed by atoms with Crippen LogP contribution in [0.2, 0.25) is 10.0 Å². The van der Waals surface area contributed by atoms with Crippen LogP contribution in [0.4, 0.5) is 0 Å². The van der Waals surface area contributed by atoms with Crippen molar-refractivity contribution < 1.29 is 26.1 Å². The monoisotopic (exact) mass is 284 g/mol. The summed E-state index contributed by atoms with van der Waals surface area (Å²) < 4.78 is 5.65. The fraction of sp³-hybridized carbons (Fsp3) is 0. The van der Waals surface area contributed by atoms with E-state index in [0.717, 1.165) is 21.9 Å². The molecule has 0 N–H and O–H groups in total. The van der Waals surface area contributed by atoms with E-state index in [1.807, 2.05) is 30.3 Å². The van der Waals surface area contributed by atoms with Gasteiger partial charge in [0, 0.05) is 32.5 Å². The molecular weight excluding hydrogens is 279 g/mol. The molecule has 4 heteroatoms.